The lowest BCUT2D eigenvalue weighted by molar-refractivity contribution is 0.0951. The van der Waals surface area contributed by atoms with Gasteiger partial charge in [-0.15, -0.1) is 0 Å². The van der Waals surface area contributed by atoms with Crippen LogP contribution in [0.2, 0.25) is 0 Å². The van der Waals surface area contributed by atoms with E-state index in [1.165, 1.54) is 4.31 Å². The third-order valence-corrected chi connectivity index (χ3v) is 9.02. The van der Waals surface area contributed by atoms with Crippen LogP contribution in [-0.4, -0.2) is 55.5 Å². The van der Waals surface area contributed by atoms with Gasteiger partial charge in [-0.3, -0.25) is 9.48 Å². The Kier molecular flexibility index (Phi) is 5.40. The second-order valence-corrected chi connectivity index (χ2v) is 12.8. The predicted octanol–water partition coefficient (Wildman–Crippen LogP) is 2.88. The molecular weight excluding hydrogens is 452 g/mol. The Morgan fingerprint density at radius 2 is 1.88 bits per heavy atom. The monoisotopic (exact) mass is 482 g/mol. The second kappa shape index (κ2) is 8.06. The minimum atomic E-state index is -3.46. The van der Waals surface area contributed by atoms with E-state index in [-0.39, 0.29) is 12.5 Å². The largest absolute Gasteiger partial charge is 0.349 e. The smallest absolute Gasteiger partial charge is 0.251 e. The number of sulfonamides is 1. The lowest BCUT2D eigenvalue weighted by Gasteiger charge is -2.33. The van der Waals surface area contributed by atoms with Crippen LogP contribution in [0.4, 0.5) is 0 Å². The van der Waals surface area contributed by atoms with Crippen molar-refractivity contribution in [2.45, 2.75) is 64.4 Å². The number of carbonyl (C=O) groups is 1. The van der Waals surface area contributed by atoms with Crippen molar-refractivity contribution in [3.63, 3.8) is 0 Å². The molecule has 0 saturated heterocycles. The van der Waals surface area contributed by atoms with E-state index in [9.17, 15) is 13.2 Å². The van der Waals surface area contributed by atoms with Gasteiger partial charge in [0.25, 0.3) is 5.91 Å². The fourth-order valence-electron chi connectivity index (χ4n) is 4.16. The van der Waals surface area contributed by atoms with Crippen molar-refractivity contribution in [2.75, 3.05) is 6.54 Å². The van der Waals surface area contributed by atoms with Gasteiger partial charge in [-0.2, -0.15) is 14.5 Å². The molecule has 1 fully saturated rings. The van der Waals surface area contributed by atoms with Crippen molar-refractivity contribution in [3.8, 4) is 16.8 Å². The number of nitrogens with one attached hydrogen (secondary N) is 1. The minimum absolute atomic E-state index is 0.0537. The number of nitrogens with zero attached hydrogens (tertiary/aromatic N) is 5. The quantitative estimate of drug-likeness (QED) is 0.603. The van der Waals surface area contributed by atoms with Gasteiger partial charge in [-0.05, 0) is 63.8 Å². The lowest BCUT2D eigenvalue weighted by Crippen LogP contribution is -2.46. The average molecular weight is 483 g/mol. The molecule has 180 valence electrons. The van der Waals surface area contributed by atoms with E-state index in [0.29, 0.717) is 24.7 Å². The van der Waals surface area contributed by atoms with E-state index in [1.807, 2.05) is 36.0 Å². The number of hydrogen-bond donors (Lipinski definition) is 1. The number of benzene rings is 1. The zero-order chi connectivity index (χ0) is 24.3. The average Bonchev–Trinajstić information content (AvgIpc) is 3.30. The molecule has 0 bridgehead atoms. The molecule has 0 atom stereocenters. The molecule has 2 aromatic heterocycles. The number of amides is 1. The lowest BCUT2D eigenvalue weighted by atomic mass is 10.0. The van der Waals surface area contributed by atoms with E-state index in [0.717, 1.165) is 40.9 Å². The van der Waals surface area contributed by atoms with Crippen LogP contribution in [0.15, 0.2) is 36.8 Å². The summed E-state index contributed by atoms with van der Waals surface area (Å²) in [6.45, 7) is 8.30. The van der Waals surface area contributed by atoms with Crippen molar-refractivity contribution in [1.29, 1.82) is 0 Å². The number of aromatic nitrogens is 4. The van der Waals surface area contributed by atoms with Crippen molar-refractivity contribution < 1.29 is 13.2 Å². The molecule has 34 heavy (non-hydrogen) atoms. The van der Waals surface area contributed by atoms with Gasteiger partial charge in [0.1, 0.15) is 5.69 Å². The first-order valence-corrected chi connectivity index (χ1v) is 13.0. The van der Waals surface area contributed by atoms with Gasteiger partial charge in [0, 0.05) is 29.9 Å². The zero-order valence-electron chi connectivity index (χ0n) is 19.9. The summed E-state index contributed by atoms with van der Waals surface area (Å²) < 4.78 is 30.3. The first-order chi connectivity index (χ1) is 16.0. The topological polar surface area (TPSA) is 102 Å². The van der Waals surface area contributed by atoms with Crippen LogP contribution in [0.1, 0.15) is 55.2 Å². The molecular formula is C24H30N6O3S. The summed E-state index contributed by atoms with van der Waals surface area (Å²) in [6.07, 6.45) is 7.48. The van der Waals surface area contributed by atoms with Gasteiger partial charge >= 0.3 is 0 Å². The van der Waals surface area contributed by atoms with Gasteiger partial charge in [0.05, 0.1) is 35.9 Å². The van der Waals surface area contributed by atoms with Crippen LogP contribution in [0, 0.1) is 6.92 Å². The first kappa shape index (κ1) is 22.8. The maximum atomic E-state index is 13.0. The minimum Gasteiger partial charge on any atom is -0.349 e. The fraction of sp³-hybridized carbons (Fsp3) is 0.458. The number of fused-ring (bicyclic) bond motifs is 1. The summed E-state index contributed by atoms with van der Waals surface area (Å²) >= 11 is 0. The maximum absolute atomic E-state index is 13.0. The van der Waals surface area contributed by atoms with Crippen molar-refractivity contribution in [3.05, 3.63) is 53.6 Å². The first-order valence-electron chi connectivity index (χ1n) is 11.6. The summed E-state index contributed by atoms with van der Waals surface area (Å²) in [4.78, 5) is 12.5. The number of hydrogen-bond acceptors (Lipinski definition) is 5. The molecule has 0 unspecified atom stereocenters. The Labute approximate surface area is 199 Å². The number of aryl methyl sites for hydroxylation is 1. The normalized spacial score (nSPS) is 16.9. The third-order valence-electron chi connectivity index (χ3n) is 6.48. The van der Waals surface area contributed by atoms with Crippen LogP contribution < -0.4 is 5.32 Å². The van der Waals surface area contributed by atoms with Crippen molar-refractivity contribution in [1.82, 2.24) is 29.2 Å². The maximum Gasteiger partial charge on any atom is 0.251 e. The molecule has 1 aromatic carbocycles. The Morgan fingerprint density at radius 1 is 1.12 bits per heavy atom. The van der Waals surface area contributed by atoms with Crippen molar-refractivity contribution >= 4 is 15.9 Å². The zero-order valence-corrected chi connectivity index (χ0v) is 20.8. The summed E-state index contributed by atoms with van der Waals surface area (Å²) in [5, 5.41) is 12.0. The molecule has 1 N–H and O–H groups in total. The highest BCUT2D eigenvalue weighted by Gasteiger charge is 2.38. The van der Waals surface area contributed by atoms with Gasteiger partial charge < -0.3 is 5.32 Å². The number of carbonyl (C=O) groups excluding carboxylic acids is 1. The van der Waals surface area contributed by atoms with Crippen LogP contribution in [0.25, 0.3) is 16.8 Å². The molecule has 3 aromatic rings. The van der Waals surface area contributed by atoms with Gasteiger partial charge in [0.15, 0.2) is 0 Å². The summed E-state index contributed by atoms with van der Waals surface area (Å²) in [7, 11) is -3.46. The summed E-state index contributed by atoms with van der Waals surface area (Å²) in [6, 6.07) is 6.00. The Balaban J connectivity index is 1.44. The predicted molar refractivity (Wildman–Crippen MR) is 129 cm³/mol. The summed E-state index contributed by atoms with van der Waals surface area (Å²) in [5.41, 5.74) is 5.05. The standard InChI is InChI=1S/C24H30N6O3S/c1-16-5-6-17(23(31)27-19-7-8-19)11-20(16)18-12-25-30(14-18)21-13-26-29-10-9-28(15-22(21)29)34(32,33)24(2,3)4/h5-6,11-14,19H,7-10,15H2,1-4H3,(H,27,31). The van der Waals surface area contributed by atoms with E-state index >= 15 is 0 Å². The molecule has 9 nitrogen and oxygen atoms in total. The Hall–Kier alpha value is -2.98. The van der Waals surface area contributed by atoms with Crippen LogP contribution in [0.3, 0.4) is 0 Å². The molecule has 3 heterocycles. The third kappa shape index (κ3) is 4.05. The van der Waals surface area contributed by atoms with E-state index < -0.39 is 14.8 Å². The van der Waals surface area contributed by atoms with E-state index in [4.69, 9.17) is 0 Å². The van der Waals surface area contributed by atoms with Gasteiger partial charge in [-0.1, -0.05) is 6.07 Å². The molecule has 1 saturated carbocycles. The number of rotatable bonds is 5. The molecule has 0 spiro atoms. The van der Waals surface area contributed by atoms with E-state index in [1.54, 1.807) is 37.8 Å². The molecule has 2 aliphatic rings. The summed E-state index contributed by atoms with van der Waals surface area (Å²) in [5.74, 6) is -0.0537. The second-order valence-electron chi connectivity index (χ2n) is 10.1. The highest BCUT2D eigenvalue weighted by Crippen LogP contribution is 2.29. The molecule has 0 radical (unpaired) electrons. The Morgan fingerprint density at radius 3 is 2.59 bits per heavy atom. The molecule has 1 aliphatic heterocycles. The van der Waals surface area contributed by atoms with Crippen LogP contribution in [-0.2, 0) is 23.1 Å². The van der Waals surface area contributed by atoms with Crippen molar-refractivity contribution in [2.24, 2.45) is 0 Å². The Bertz CT molecular complexity index is 1360. The SMILES string of the molecule is Cc1ccc(C(=O)NC2CC2)cc1-c1cnn(-c2cnn3c2CN(S(=O)(=O)C(C)(C)C)CC3)c1. The fourth-order valence-corrected chi connectivity index (χ4v) is 5.55. The molecule has 1 aliphatic carbocycles. The van der Waals surface area contributed by atoms with Gasteiger partial charge in [-0.25, -0.2) is 13.1 Å². The van der Waals surface area contributed by atoms with Crippen LogP contribution in [0.5, 0.6) is 0 Å². The molecule has 1 amide bonds. The molecule has 10 heteroatoms. The highest BCUT2D eigenvalue weighted by molar-refractivity contribution is 7.90. The van der Waals surface area contributed by atoms with E-state index in [2.05, 4.69) is 15.5 Å². The van der Waals surface area contributed by atoms with Gasteiger partial charge in [0.2, 0.25) is 10.0 Å². The van der Waals surface area contributed by atoms with Crippen LogP contribution >= 0.6 is 0 Å². The highest BCUT2D eigenvalue weighted by atomic mass is 32.2. The molecule has 5 rings (SSSR count).